The van der Waals surface area contributed by atoms with Crippen LogP contribution in [-0.4, -0.2) is 36.8 Å². The van der Waals surface area contributed by atoms with E-state index >= 15 is 0 Å². The Hall–Kier alpha value is -1.64. The highest BCUT2D eigenvalue weighted by molar-refractivity contribution is 5.61. The van der Waals surface area contributed by atoms with E-state index in [2.05, 4.69) is 44.0 Å². The molecule has 0 bridgehead atoms. The van der Waals surface area contributed by atoms with Gasteiger partial charge in [0.2, 0.25) is 0 Å². The molecule has 1 saturated heterocycles. The van der Waals surface area contributed by atoms with Gasteiger partial charge in [-0.2, -0.15) is 5.26 Å². The Morgan fingerprint density at radius 3 is 2.67 bits per heavy atom. The van der Waals surface area contributed by atoms with Crippen molar-refractivity contribution in [3.8, 4) is 6.07 Å². The molecular formula is C19H28N4O. The minimum atomic E-state index is -0.190. The van der Waals surface area contributed by atoms with Gasteiger partial charge in [-0.15, -0.1) is 0 Å². The van der Waals surface area contributed by atoms with Gasteiger partial charge in [0.05, 0.1) is 23.5 Å². The van der Waals surface area contributed by atoms with Crippen LogP contribution in [0.15, 0.2) is 0 Å². The molecule has 0 aliphatic carbocycles. The van der Waals surface area contributed by atoms with Gasteiger partial charge in [-0.05, 0) is 31.7 Å². The monoisotopic (exact) mass is 328 g/mol. The van der Waals surface area contributed by atoms with Crippen molar-refractivity contribution in [2.75, 3.05) is 31.1 Å². The Morgan fingerprint density at radius 1 is 1.33 bits per heavy atom. The van der Waals surface area contributed by atoms with E-state index in [4.69, 9.17) is 9.72 Å². The second-order valence-corrected chi connectivity index (χ2v) is 7.89. The summed E-state index contributed by atoms with van der Waals surface area (Å²) in [6.07, 6.45) is 1.70. The molecule has 0 amide bonds. The number of nitrogens with zero attached hydrogens (tertiary/aromatic N) is 3. The molecule has 2 aliphatic heterocycles. The van der Waals surface area contributed by atoms with Gasteiger partial charge in [0.25, 0.3) is 0 Å². The molecule has 5 heteroatoms. The number of fused-ring (bicyclic) bond motifs is 1. The number of pyridine rings is 1. The normalized spacial score (nSPS) is 19.9. The van der Waals surface area contributed by atoms with E-state index in [1.807, 2.05) is 0 Å². The summed E-state index contributed by atoms with van der Waals surface area (Å²) in [5.41, 5.74) is 3.99. The Balaban J connectivity index is 2.13. The van der Waals surface area contributed by atoms with Crippen molar-refractivity contribution < 1.29 is 4.74 Å². The van der Waals surface area contributed by atoms with Gasteiger partial charge in [0.15, 0.2) is 0 Å². The summed E-state index contributed by atoms with van der Waals surface area (Å²) in [6, 6.07) is 2.46. The predicted octanol–water partition coefficient (Wildman–Crippen LogP) is 2.41. The fraction of sp³-hybridized carbons (Fsp3) is 0.684. The van der Waals surface area contributed by atoms with Crippen LogP contribution in [0.1, 0.15) is 50.1 Å². The molecule has 0 radical (unpaired) electrons. The number of hydrogen-bond acceptors (Lipinski definition) is 5. The second-order valence-electron chi connectivity index (χ2n) is 7.89. The summed E-state index contributed by atoms with van der Waals surface area (Å²) in [5, 5.41) is 13.2. The molecule has 0 unspecified atom stereocenters. The molecule has 0 saturated carbocycles. The lowest BCUT2D eigenvalue weighted by Gasteiger charge is -2.35. The summed E-state index contributed by atoms with van der Waals surface area (Å²) in [6.45, 7) is 12.9. The Morgan fingerprint density at radius 2 is 2.04 bits per heavy atom. The molecule has 2 aliphatic rings. The van der Waals surface area contributed by atoms with Gasteiger partial charge >= 0.3 is 0 Å². The van der Waals surface area contributed by atoms with Gasteiger partial charge in [-0.1, -0.05) is 13.8 Å². The van der Waals surface area contributed by atoms with Crippen LogP contribution in [0.4, 0.5) is 5.82 Å². The molecule has 1 N–H and O–H groups in total. The number of nitriles is 1. The molecule has 3 heterocycles. The molecule has 5 nitrogen and oxygen atoms in total. The zero-order valence-electron chi connectivity index (χ0n) is 15.3. The largest absolute Gasteiger partial charge is 0.370 e. The fourth-order valence-corrected chi connectivity index (χ4v) is 3.61. The fourth-order valence-electron chi connectivity index (χ4n) is 3.61. The van der Waals surface area contributed by atoms with E-state index in [-0.39, 0.29) is 5.60 Å². The maximum Gasteiger partial charge on any atom is 0.147 e. The van der Waals surface area contributed by atoms with E-state index in [0.717, 1.165) is 67.2 Å². The number of anilines is 1. The average Bonchev–Trinajstić information content (AvgIpc) is 2.53. The van der Waals surface area contributed by atoms with Crippen LogP contribution in [0, 0.1) is 17.2 Å². The number of piperazine rings is 1. The van der Waals surface area contributed by atoms with Crippen molar-refractivity contribution in [3.05, 3.63) is 22.4 Å². The SMILES string of the molecule is CC(C)Cc1c(C#N)c(N2CCNCC2)nc2c1COC(C)(C)C2. The van der Waals surface area contributed by atoms with Crippen molar-refractivity contribution in [2.24, 2.45) is 5.92 Å². The van der Waals surface area contributed by atoms with Crippen LogP contribution >= 0.6 is 0 Å². The number of rotatable bonds is 3. The number of hydrogen-bond donors (Lipinski definition) is 1. The number of ether oxygens (including phenoxy) is 1. The molecule has 24 heavy (non-hydrogen) atoms. The van der Waals surface area contributed by atoms with Gasteiger partial charge in [-0.3, -0.25) is 0 Å². The first kappa shape index (κ1) is 17.2. The van der Waals surface area contributed by atoms with Crippen LogP contribution < -0.4 is 10.2 Å². The second kappa shape index (κ2) is 6.70. The quantitative estimate of drug-likeness (QED) is 0.923. The molecule has 0 aromatic carbocycles. The van der Waals surface area contributed by atoms with Crippen LogP contribution in [0.3, 0.4) is 0 Å². The molecule has 0 atom stereocenters. The average molecular weight is 328 g/mol. The third-order valence-corrected chi connectivity index (χ3v) is 4.82. The van der Waals surface area contributed by atoms with Gasteiger partial charge in [0.1, 0.15) is 11.9 Å². The van der Waals surface area contributed by atoms with E-state index in [0.29, 0.717) is 12.5 Å². The first-order valence-electron chi connectivity index (χ1n) is 8.95. The highest BCUT2D eigenvalue weighted by atomic mass is 16.5. The first-order valence-corrected chi connectivity index (χ1v) is 8.95. The molecule has 0 spiro atoms. The van der Waals surface area contributed by atoms with Gasteiger partial charge in [0, 0.05) is 38.2 Å². The van der Waals surface area contributed by atoms with Crippen LogP contribution in [0.25, 0.3) is 0 Å². The molecular weight excluding hydrogens is 300 g/mol. The maximum atomic E-state index is 9.87. The lowest BCUT2D eigenvalue weighted by atomic mass is 9.88. The lowest BCUT2D eigenvalue weighted by Crippen LogP contribution is -2.44. The van der Waals surface area contributed by atoms with Crippen LogP contribution in [0.5, 0.6) is 0 Å². The number of aromatic nitrogens is 1. The van der Waals surface area contributed by atoms with Crippen molar-refractivity contribution in [1.82, 2.24) is 10.3 Å². The molecule has 1 fully saturated rings. The predicted molar refractivity (Wildman–Crippen MR) is 95.1 cm³/mol. The minimum Gasteiger partial charge on any atom is -0.370 e. The topological polar surface area (TPSA) is 61.2 Å². The van der Waals surface area contributed by atoms with Crippen molar-refractivity contribution >= 4 is 5.82 Å². The van der Waals surface area contributed by atoms with Crippen molar-refractivity contribution in [3.63, 3.8) is 0 Å². The zero-order chi connectivity index (χ0) is 17.3. The molecule has 130 valence electrons. The maximum absolute atomic E-state index is 9.87. The Labute approximate surface area is 145 Å². The highest BCUT2D eigenvalue weighted by Crippen LogP contribution is 2.35. The summed E-state index contributed by atoms with van der Waals surface area (Å²) in [7, 11) is 0. The van der Waals surface area contributed by atoms with Crippen LogP contribution in [0.2, 0.25) is 0 Å². The summed E-state index contributed by atoms with van der Waals surface area (Å²) in [4.78, 5) is 7.23. The van der Waals surface area contributed by atoms with Crippen molar-refractivity contribution in [2.45, 2.75) is 52.7 Å². The third-order valence-electron chi connectivity index (χ3n) is 4.82. The summed E-state index contributed by atoms with van der Waals surface area (Å²) >= 11 is 0. The highest BCUT2D eigenvalue weighted by Gasteiger charge is 2.32. The lowest BCUT2D eigenvalue weighted by molar-refractivity contribution is -0.0416. The molecule has 1 aromatic rings. The first-order chi connectivity index (χ1) is 11.4. The smallest absolute Gasteiger partial charge is 0.147 e. The number of nitrogens with one attached hydrogen (secondary N) is 1. The van der Waals surface area contributed by atoms with Crippen LogP contribution in [-0.2, 0) is 24.2 Å². The van der Waals surface area contributed by atoms with Gasteiger partial charge in [-0.25, -0.2) is 4.98 Å². The summed E-state index contributed by atoms with van der Waals surface area (Å²) < 4.78 is 6.03. The van der Waals surface area contributed by atoms with E-state index in [9.17, 15) is 5.26 Å². The minimum absolute atomic E-state index is 0.190. The Kier molecular flexibility index (Phi) is 4.80. The zero-order valence-corrected chi connectivity index (χ0v) is 15.3. The van der Waals surface area contributed by atoms with E-state index in [1.54, 1.807) is 0 Å². The van der Waals surface area contributed by atoms with Crippen molar-refractivity contribution in [1.29, 1.82) is 5.26 Å². The standard InChI is InChI=1S/C19H28N4O/c1-13(2)9-14-15(11-20)18(23-7-5-21-6-8-23)22-17-10-19(3,4)24-12-16(14)17/h13,21H,5-10,12H2,1-4H3. The summed E-state index contributed by atoms with van der Waals surface area (Å²) in [5.74, 6) is 1.38. The Bertz CT molecular complexity index is 654. The third kappa shape index (κ3) is 3.40. The van der Waals surface area contributed by atoms with E-state index < -0.39 is 0 Å². The van der Waals surface area contributed by atoms with E-state index in [1.165, 1.54) is 0 Å². The molecule has 1 aromatic heterocycles. The molecule has 3 rings (SSSR count). The van der Waals surface area contributed by atoms with Gasteiger partial charge < -0.3 is 15.0 Å².